The van der Waals surface area contributed by atoms with Crippen molar-refractivity contribution >= 4 is 22.5 Å². The van der Waals surface area contributed by atoms with Crippen molar-refractivity contribution in [3.63, 3.8) is 0 Å². The summed E-state index contributed by atoms with van der Waals surface area (Å²) < 4.78 is 1.25. The molecule has 1 heterocycles. The molecular formula is C10H8ClN3O. The molecule has 0 aliphatic carbocycles. The Balaban J connectivity index is 2.74. The van der Waals surface area contributed by atoms with Crippen LogP contribution in [-0.4, -0.2) is 15.0 Å². The Morgan fingerprint density at radius 1 is 1.53 bits per heavy atom. The molecule has 5 heteroatoms. The number of fused-ring (bicyclic) bond motifs is 1. The number of halogens is 1. The average Bonchev–Trinajstić information content (AvgIpc) is 2.22. The fourth-order valence-corrected chi connectivity index (χ4v) is 1.46. The van der Waals surface area contributed by atoms with Gasteiger partial charge in [-0.3, -0.25) is 4.79 Å². The van der Waals surface area contributed by atoms with Gasteiger partial charge in [0.05, 0.1) is 11.9 Å². The summed E-state index contributed by atoms with van der Waals surface area (Å²) in [5.41, 5.74) is 0.323. The van der Waals surface area contributed by atoms with E-state index in [-0.39, 0.29) is 5.56 Å². The summed E-state index contributed by atoms with van der Waals surface area (Å²) in [4.78, 5) is 11.8. The van der Waals surface area contributed by atoms with Gasteiger partial charge in [-0.05, 0) is 18.2 Å². The molecule has 1 aromatic heterocycles. The normalized spacial score (nSPS) is 10.5. The minimum absolute atomic E-state index is 0.184. The third kappa shape index (κ3) is 1.76. The summed E-state index contributed by atoms with van der Waals surface area (Å²) in [5.74, 6) is 0. The summed E-state index contributed by atoms with van der Waals surface area (Å²) >= 11 is 5.78. The van der Waals surface area contributed by atoms with E-state index in [2.05, 4.69) is 16.9 Å². The maximum Gasteiger partial charge on any atom is 0.277 e. The summed E-state index contributed by atoms with van der Waals surface area (Å²) in [6, 6.07) is 4.92. The van der Waals surface area contributed by atoms with E-state index in [9.17, 15) is 4.79 Å². The van der Waals surface area contributed by atoms with Crippen molar-refractivity contribution in [2.45, 2.75) is 6.54 Å². The number of nitrogens with zero attached hydrogens (tertiary/aromatic N) is 3. The van der Waals surface area contributed by atoms with Crippen LogP contribution >= 0.6 is 11.6 Å². The van der Waals surface area contributed by atoms with Crippen molar-refractivity contribution in [2.24, 2.45) is 0 Å². The largest absolute Gasteiger partial charge is 0.277 e. The molecule has 0 saturated heterocycles. The highest BCUT2D eigenvalue weighted by atomic mass is 35.5. The van der Waals surface area contributed by atoms with Crippen molar-refractivity contribution in [2.75, 3.05) is 0 Å². The molecule has 1 aromatic carbocycles. The second kappa shape index (κ2) is 3.82. The van der Waals surface area contributed by atoms with Crippen LogP contribution in [0, 0.1) is 0 Å². The zero-order chi connectivity index (χ0) is 10.8. The number of rotatable bonds is 2. The van der Waals surface area contributed by atoms with E-state index in [0.29, 0.717) is 22.5 Å². The first-order chi connectivity index (χ1) is 7.22. The summed E-state index contributed by atoms with van der Waals surface area (Å²) in [6.45, 7) is 3.89. The molecule has 2 aromatic rings. The Hall–Kier alpha value is -1.68. The molecule has 0 amide bonds. The second-order valence-corrected chi connectivity index (χ2v) is 3.46. The van der Waals surface area contributed by atoms with Crippen LogP contribution in [0.3, 0.4) is 0 Å². The molecule has 0 unspecified atom stereocenters. The molecule has 0 N–H and O–H groups in total. The SMILES string of the molecule is C=CCn1nnc2cc(Cl)ccc2c1=O. The van der Waals surface area contributed by atoms with E-state index >= 15 is 0 Å². The summed E-state index contributed by atoms with van der Waals surface area (Å²) in [7, 11) is 0. The van der Waals surface area contributed by atoms with Crippen LogP contribution in [0.25, 0.3) is 10.9 Å². The Morgan fingerprint density at radius 2 is 2.33 bits per heavy atom. The Labute approximate surface area is 90.8 Å². The predicted molar refractivity (Wildman–Crippen MR) is 59.0 cm³/mol. The van der Waals surface area contributed by atoms with E-state index in [1.807, 2.05) is 0 Å². The quantitative estimate of drug-likeness (QED) is 0.725. The van der Waals surface area contributed by atoms with Gasteiger partial charge in [-0.1, -0.05) is 22.9 Å². The predicted octanol–water partition coefficient (Wildman–Crippen LogP) is 1.63. The van der Waals surface area contributed by atoms with Crippen LogP contribution in [0.2, 0.25) is 5.02 Å². The smallest absolute Gasteiger partial charge is 0.267 e. The van der Waals surface area contributed by atoms with Gasteiger partial charge in [0.15, 0.2) is 0 Å². The molecule has 15 heavy (non-hydrogen) atoms. The number of allylic oxidation sites excluding steroid dienone is 1. The standard InChI is InChI=1S/C10H8ClN3O/c1-2-5-14-10(15)8-4-3-7(11)6-9(8)12-13-14/h2-4,6H,1,5H2. The third-order valence-electron chi connectivity index (χ3n) is 1.99. The summed E-state index contributed by atoms with van der Waals surface area (Å²) in [6.07, 6.45) is 1.60. The van der Waals surface area contributed by atoms with E-state index in [4.69, 9.17) is 11.6 Å². The zero-order valence-corrected chi connectivity index (χ0v) is 8.61. The van der Waals surface area contributed by atoms with Gasteiger partial charge in [-0.25, -0.2) is 4.68 Å². The van der Waals surface area contributed by atoms with Crippen LogP contribution in [0.4, 0.5) is 0 Å². The minimum Gasteiger partial charge on any atom is -0.267 e. The number of benzene rings is 1. The maximum atomic E-state index is 11.8. The lowest BCUT2D eigenvalue weighted by Gasteiger charge is -2.01. The van der Waals surface area contributed by atoms with Crippen LogP contribution in [0.15, 0.2) is 35.6 Å². The van der Waals surface area contributed by atoms with Gasteiger partial charge >= 0.3 is 0 Å². The van der Waals surface area contributed by atoms with E-state index in [1.165, 1.54) is 4.68 Å². The topological polar surface area (TPSA) is 47.8 Å². The van der Waals surface area contributed by atoms with E-state index in [0.717, 1.165) is 0 Å². The first-order valence-electron chi connectivity index (χ1n) is 4.36. The van der Waals surface area contributed by atoms with Gasteiger partial charge in [0.1, 0.15) is 5.52 Å². The van der Waals surface area contributed by atoms with Gasteiger partial charge in [-0.2, -0.15) is 0 Å². The van der Waals surface area contributed by atoms with Gasteiger partial charge in [-0.15, -0.1) is 11.7 Å². The van der Waals surface area contributed by atoms with E-state index < -0.39 is 0 Å². The fourth-order valence-electron chi connectivity index (χ4n) is 1.29. The fraction of sp³-hybridized carbons (Fsp3) is 0.100. The lowest BCUT2D eigenvalue weighted by Crippen LogP contribution is -2.23. The molecule has 76 valence electrons. The highest BCUT2D eigenvalue weighted by Crippen LogP contribution is 2.13. The van der Waals surface area contributed by atoms with Crippen LogP contribution in [0.1, 0.15) is 0 Å². The van der Waals surface area contributed by atoms with Crippen molar-refractivity contribution in [1.82, 2.24) is 15.0 Å². The average molecular weight is 222 g/mol. The van der Waals surface area contributed by atoms with Crippen LogP contribution in [0.5, 0.6) is 0 Å². The molecule has 0 saturated carbocycles. The van der Waals surface area contributed by atoms with Gasteiger partial charge in [0, 0.05) is 5.02 Å². The molecule has 2 rings (SSSR count). The molecule has 0 bridgehead atoms. The van der Waals surface area contributed by atoms with E-state index in [1.54, 1.807) is 24.3 Å². The molecule has 4 nitrogen and oxygen atoms in total. The van der Waals surface area contributed by atoms with Crippen molar-refractivity contribution in [3.05, 3.63) is 46.2 Å². The zero-order valence-electron chi connectivity index (χ0n) is 7.85. The van der Waals surface area contributed by atoms with Crippen LogP contribution in [-0.2, 0) is 6.54 Å². The molecule has 0 aliphatic heterocycles. The highest BCUT2D eigenvalue weighted by Gasteiger charge is 2.04. The Kier molecular flexibility index (Phi) is 2.51. The lowest BCUT2D eigenvalue weighted by molar-refractivity contribution is 0.611. The first-order valence-corrected chi connectivity index (χ1v) is 4.74. The van der Waals surface area contributed by atoms with Gasteiger partial charge in [0.25, 0.3) is 5.56 Å². The molecular weight excluding hydrogens is 214 g/mol. The van der Waals surface area contributed by atoms with Crippen molar-refractivity contribution < 1.29 is 0 Å². The highest BCUT2D eigenvalue weighted by molar-refractivity contribution is 6.31. The first kappa shape index (κ1) is 9.86. The second-order valence-electron chi connectivity index (χ2n) is 3.03. The Morgan fingerprint density at radius 3 is 3.07 bits per heavy atom. The maximum absolute atomic E-state index is 11.8. The van der Waals surface area contributed by atoms with Gasteiger partial charge < -0.3 is 0 Å². The third-order valence-corrected chi connectivity index (χ3v) is 2.22. The van der Waals surface area contributed by atoms with Crippen molar-refractivity contribution in [3.8, 4) is 0 Å². The molecule has 0 aliphatic rings. The summed E-state index contributed by atoms with van der Waals surface area (Å²) in [5, 5.41) is 8.71. The van der Waals surface area contributed by atoms with Crippen LogP contribution < -0.4 is 5.56 Å². The number of hydrogen-bond acceptors (Lipinski definition) is 3. The molecule has 0 spiro atoms. The lowest BCUT2D eigenvalue weighted by atomic mass is 10.2. The molecule has 0 atom stereocenters. The van der Waals surface area contributed by atoms with Crippen molar-refractivity contribution in [1.29, 1.82) is 0 Å². The number of hydrogen-bond donors (Lipinski definition) is 0. The van der Waals surface area contributed by atoms with Gasteiger partial charge in [0.2, 0.25) is 0 Å². The molecule has 0 fully saturated rings. The number of aromatic nitrogens is 3. The monoisotopic (exact) mass is 221 g/mol. The Bertz CT molecular complexity index is 576. The minimum atomic E-state index is -0.184. The molecule has 0 radical (unpaired) electrons.